The molecule has 2 aromatic rings. The zero-order valence-corrected chi connectivity index (χ0v) is 14.7. The summed E-state index contributed by atoms with van der Waals surface area (Å²) in [7, 11) is 0. The van der Waals surface area contributed by atoms with Gasteiger partial charge in [0.1, 0.15) is 12.2 Å². The molecule has 0 bridgehead atoms. The van der Waals surface area contributed by atoms with Crippen molar-refractivity contribution in [2.75, 3.05) is 18.5 Å². The van der Waals surface area contributed by atoms with Gasteiger partial charge >= 0.3 is 0 Å². The molecule has 0 amide bonds. The number of hydrogen-bond donors (Lipinski definition) is 1. The zero-order chi connectivity index (χ0) is 16.0. The first kappa shape index (κ1) is 15.2. The second-order valence-electron chi connectivity index (χ2n) is 7.32. The molecule has 3 nitrogen and oxygen atoms in total. The van der Waals surface area contributed by atoms with E-state index in [9.17, 15) is 0 Å². The van der Waals surface area contributed by atoms with Gasteiger partial charge < -0.3 is 14.8 Å². The molecule has 122 valence electrons. The van der Waals surface area contributed by atoms with Crippen LogP contribution < -0.4 is 5.32 Å². The summed E-state index contributed by atoms with van der Waals surface area (Å²) in [5.41, 5.74) is 3.86. The summed E-state index contributed by atoms with van der Waals surface area (Å²) in [6.45, 7) is 8.07. The third-order valence-electron chi connectivity index (χ3n) is 4.70. The Morgan fingerprint density at radius 1 is 1.13 bits per heavy atom. The van der Waals surface area contributed by atoms with Crippen molar-refractivity contribution in [3.63, 3.8) is 0 Å². The third-order valence-corrected chi connectivity index (χ3v) is 5.66. The van der Waals surface area contributed by atoms with E-state index in [1.54, 1.807) is 11.3 Å². The van der Waals surface area contributed by atoms with E-state index in [0.717, 1.165) is 0 Å². The highest BCUT2D eigenvalue weighted by atomic mass is 32.1. The highest BCUT2D eigenvalue weighted by Crippen LogP contribution is 2.46. The molecule has 0 radical (unpaired) electrons. The Hall–Kier alpha value is -1.36. The second kappa shape index (κ2) is 5.62. The minimum atomic E-state index is 0.00870. The highest BCUT2D eigenvalue weighted by Gasteiger charge is 2.41. The van der Waals surface area contributed by atoms with Gasteiger partial charge in [-0.3, -0.25) is 0 Å². The van der Waals surface area contributed by atoms with E-state index in [1.807, 2.05) is 0 Å². The van der Waals surface area contributed by atoms with Crippen LogP contribution in [0.4, 0.5) is 5.69 Å². The van der Waals surface area contributed by atoms with Crippen LogP contribution in [0.5, 0.6) is 0 Å². The van der Waals surface area contributed by atoms with E-state index >= 15 is 0 Å². The van der Waals surface area contributed by atoms with Crippen molar-refractivity contribution in [2.24, 2.45) is 0 Å². The van der Waals surface area contributed by atoms with Crippen molar-refractivity contribution in [3.8, 4) is 0 Å². The van der Waals surface area contributed by atoms with E-state index in [2.05, 4.69) is 61.8 Å². The number of anilines is 1. The lowest BCUT2D eigenvalue weighted by Crippen LogP contribution is -2.43. The van der Waals surface area contributed by atoms with Gasteiger partial charge in [0, 0.05) is 16.1 Å². The number of rotatable bonds is 1. The van der Waals surface area contributed by atoms with Crippen LogP contribution in [0.25, 0.3) is 0 Å². The van der Waals surface area contributed by atoms with Gasteiger partial charge in [-0.05, 0) is 28.5 Å². The minimum absolute atomic E-state index is 0.00870. The molecule has 4 heteroatoms. The fourth-order valence-electron chi connectivity index (χ4n) is 3.43. The minimum Gasteiger partial charge on any atom is -0.374 e. The summed E-state index contributed by atoms with van der Waals surface area (Å²) in [5.74, 6) is 0. The maximum atomic E-state index is 6.14. The average molecular weight is 329 g/mol. The van der Waals surface area contributed by atoms with Crippen molar-refractivity contribution >= 4 is 17.0 Å². The van der Waals surface area contributed by atoms with E-state index in [4.69, 9.17) is 9.47 Å². The monoisotopic (exact) mass is 329 g/mol. The molecule has 2 aliphatic heterocycles. The Kier molecular flexibility index (Phi) is 3.71. The summed E-state index contributed by atoms with van der Waals surface area (Å²) in [4.78, 5) is 1.30. The molecular weight excluding hydrogens is 306 g/mol. The van der Waals surface area contributed by atoms with E-state index in [0.29, 0.717) is 13.2 Å². The molecule has 1 fully saturated rings. The van der Waals surface area contributed by atoms with Crippen LogP contribution in [0.15, 0.2) is 35.7 Å². The molecule has 0 spiro atoms. The topological polar surface area (TPSA) is 30.5 Å². The summed E-state index contributed by atoms with van der Waals surface area (Å²) in [5, 5.41) is 5.80. The Bertz CT molecular complexity index is 690. The third kappa shape index (κ3) is 2.69. The number of ether oxygens (including phenoxy) is 2. The van der Waals surface area contributed by atoms with Crippen LogP contribution in [0, 0.1) is 0 Å². The molecule has 3 atom stereocenters. The predicted molar refractivity (Wildman–Crippen MR) is 94.3 cm³/mol. The molecule has 4 rings (SSSR count). The lowest BCUT2D eigenvalue weighted by molar-refractivity contribution is -0.150. The average Bonchev–Trinajstić information content (AvgIpc) is 3.07. The van der Waals surface area contributed by atoms with Crippen molar-refractivity contribution < 1.29 is 9.47 Å². The van der Waals surface area contributed by atoms with Crippen LogP contribution in [0.3, 0.4) is 0 Å². The number of nitrogens with one attached hydrogen (secondary N) is 1. The largest absolute Gasteiger partial charge is 0.374 e. The fourth-order valence-corrected chi connectivity index (χ4v) is 4.24. The van der Waals surface area contributed by atoms with Crippen LogP contribution in [0.1, 0.15) is 48.9 Å². The Balaban J connectivity index is 1.78. The lowest BCUT2D eigenvalue weighted by Gasteiger charge is -2.43. The Morgan fingerprint density at radius 2 is 1.96 bits per heavy atom. The summed E-state index contributed by atoms with van der Waals surface area (Å²) >= 11 is 1.77. The number of fused-ring (bicyclic) bond motifs is 3. The molecule has 0 aliphatic carbocycles. The zero-order valence-electron chi connectivity index (χ0n) is 13.8. The van der Waals surface area contributed by atoms with Gasteiger partial charge in [0.2, 0.25) is 0 Å². The molecule has 1 N–H and O–H groups in total. The van der Waals surface area contributed by atoms with E-state index in [-0.39, 0.29) is 23.7 Å². The van der Waals surface area contributed by atoms with Crippen molar-refractivity contribution in [1.82, 2.24) is 0 Å². The Morgan fingerprint density at radius 3 is 2.70 bits per heavy atom. The molecular formula is C19H23NO2S. The van der Waals surface area contributed by atoms with Gasteiger partial charge in [-0.25, -0.2) is 0 Å². The van der Waals surface area contributed by atoms with Crippen LogP contribution in [0.2, 0.25) is 0 Å². The second-order valence-corrected chi connectivity index (χ2v) is 8.30. The van der Waals surface area contributed by atoms with Gasteiger partial charge in [0.25, 0.3) is 0 Å². The number of benzene rings is 1. The van der Waals surface area contributed by atoms with Crippen LogP contribution in [-0.4, -0.2) is 19.3 Å². The van der Waals surface area contributed by atoms with Crippen LogP contribution in [-0.2, 0) is 14.9 Å². The standard InChI is InChI=1S/C19H23NO2S/c1-19(2,3)12-6-7-14-13(11-12)17-18(22-9-8-21-17)16(20-14)15-5-4-10-23-15/h4-7,10-11,16-18,20H,8-9H2,1-3H3/t16-,17+,18-/m0/s1. The summed E-state index contributed by atoms with van der Waals surface area (Å²) in [6.07, 6.45) is 0.0412. The normalized spacial score (nSPS) is 27.0. The van der Waals surface area contributed by atoms with Crippen molar-refractivity contribution in [2.45, 2.75) is 44.4 Å². The Labute approximate surface area is 141 Å². The van der Waals surface area contributed by atoms with Gasteiger partial charge in [-0.1, -0.05) is 39.0 Å². The van der Waals surface area contributed by atoms with Crippen LogP contribution >= 0.6 is 11.3 Å². The smallest absolute Gasteiger partial charge is 0.113 e. The first-order chi connectivity index (χ1) is 11.0. The lowest BCUT2D eigenvalue weighted by atomic mass is 9.82. The van der Waals surface area contributed by atoms with Crippen molar-refractivity contribution in [1.29, 1.82) is 0 Å². The summed E-state index contributed by atoms with van der Waals surface area (Å²) < 4.78 is 12.3. The molecule has 0 saturated carbocycles. The fraction of sp³-hybridized carbons (Fsp3) is 0.474. The predicted octanol–water partition coefficient (Wildman–Crippen LogP) is 4.67. The van der Waals surface area contributed by atoms with Crippen molar-refractivity contribution in [3.05, 3.63) is 51.7 Å². The molecule has 1 saturated heterocycles. The molecule has 23 heavy (non-hydrogen) atoms. The van der Waals surface area contributed by atoms with Gasteiger partial charge in [0.15, 0.2) is 0 Å². The maximum Gasteiger partial charge on any atom is 0.113 e. The molecule has 1 aromatic carbocycles. The SMILES string of the molecule is CC(C)(C)c1ccc2c(c1)[C@H]1OCCO[C@H]1[C@H](c1cccs1)N2. The highest BCUT2D eigenvalue weighted by molar-refractivity contribution is 7.10. The van der Waals surface area contributed by atoms with Gasteiger partial charge in [-0.15, -0.1) is 11.3 Å². The maximum absolute atomic E-state index is 6.14. The molecule has 2 aliphatic rings. The number of hydrogen-bond acceptors (Lipinski definition) is 4. The first-order valence-corrected chi connectivity index (χ1v) is 9.09. The quantitative estimate of drug-likeness (QED) is 0.825. The van der Waals surface area contributed by atoms with E-state index < -0.39 is 0 Å². The first-order valence-electron chi connectivity index (χ1n) is 8.21. The van der Waals surface area contributed by atoms with Gasteiger partial charge in [0.05, 0.1) is 19.3 Å². The van der Waals surface area contributed by atoms with Gasteiger partial charge in [-0.2, -0.15) is 0 Å². The molecule has 0 unspecified atom stereocenters. The molecule has 3 heterocycles. The summed E-state index contributed by atoms with van der Waals surface area (Å²) in [6, 6.07) is 11.1. The van der Waals surface area contributed by atoms with E-state index in [1.165, 1.54) is 21.7 Å². The number of thiophene rings is 1. The molecule has 1 aromatic heterocycles.